The fourth-order valence-corrected chi connectivity index (χ4v) is 1.90. The number of nitriles is 1. The number of halogens is 1. The minimum atomic E-state index is 0.452. The van der Waals surface area contributed by atoms with E-state index in [4.69, 9.17) is 14.7 Å². The molecule has 0 heterocycles. The molecule has 0 spiro atoms. The molecule has 0 saturated heterocycles. The van der Waals surface area contributed by atoms with Crippen molar-refractivity contribution in [3.63, 3.8) is 0 Å². The average molecular weight is 318 g/mol. The normalized spacial score (nSPS) is 9.68. The number of ether oxygens (including phenoxy) is 2. The molecular weight excluding hydrogens is 306 g/mol. The number of rotatable bonds is 5. The van der Waals surface area contributed by atoms with Crippen LogP contribution in [-0.2, 0) is 0 Å². The molecule has 0 aromatic heterocycles. The fraction of sp³-hybridized carbons (Fsp3) is 0.133. The molecule has 96 valence electrons. The summed E-state index contributed by atoms with van der Waals surface area (Å²) in [6.07, 6.45) is 0. The van der Waals surface area contributed by atoms with Crippen molar-refractivity contribution >= 4 is 15.9 Å². The van der Waals surface area contributed by atoms with Crippen LogP contribution in [0.1, 0.15) is 5.56 Å². The second kappa shape index (κ2) is 6.81. The topological polar surface area (TPSA) is 42.2 Å². The summed E-state index contributed by atoms with van der Waals surface area (Å²) in [4.78, 5) is 0. The maximum absolute atomic E-state index is 8.68. The van der Waals surface area contributed by atoms with E-state index < -0.39 is 0 Å². The molecule has 0 amide bonds. The van der Waals surface area contributed by atoms with Gasteiger partial charge >= 0.3 is 0 Å². The molecule has 19 heavy (non-hydrogen) atoms. The van der Waals surface area contributed by atoms with Crippen molar-refractivity contribution in [1.29, 1.82) is 5.26 Å². The van der Waals surface area contributed by atoms with E-state index >= 15 is 0 Å². The smallest absolute Gasteiger partial charge is 0.133 e. The first-order valence-electron chi connectivity index (χ1n) is 5.80. The van der Waals surface area contributed by atoms with Gasteiger partial charge in [-0.1, -0.05) is 12.1 Å². The lowest BCUT2D eigenvalue weighted by Gasteiger charge is -2.09. The van der Waals surface area contributed by atoms with Gasteiger partial charge in [0.15, 0.2) is 0 Å². The molecule has 0 aliphatic rings. The number of para-hydroxylation sites is 1. The molecule has 4 heteroatoms. The Morgan fingerprint density at radius 1 is 0.947 bits per heavy atom. The number of hydrogen-bond acceptors (Lipinski definition) is 3. The molecular formula is C15H12BrNO2. The second-order valence-corrected chi connectivity index (χ2v) is 4.62. The van der Waals surface area contributed by atoms with Crippen LogP contribution in [0.2, 0.25) is 0 Å². The van der Waals surface area contributed by atoms with Gasteiger partial charge in [0, 0.05) is 0 Å². The Hall–Kier alpha value is -1.99. The van der Waals surface area contributed by atoms with Crippen molar-refractivity contribution in [1.82, 2.24) is 0 Å². The Balaban J connectivity index is 1.78. The summed E-state index contributed by atoms with van der Waals surface area (Å²) in [5, 5.41) is 8.68. The zero-order valence-electron chi connectivity index (χ0n) is 10.2. The summed E-state index contributed by atoms with van der Waals surface area (Å²) in [5.74, 6) is 1.53. The predicted octanol–water partition coefficient (Wildman–Crippen LogP) is 3.78. The van der Waals surface area contributed by atoms with Crippen LogP contribution in [0.4, 0.5) is 0 Å². The van der Waals surface area contributed by atoms with Crippen molar-refractivity contribution in [2.75, 3.05) is 13.2 Å². The van der Waals surface area contributed by atoms with E-state index in [2.05, 4.69) is 22.0 Å². The van der Waals surface area contributed by atoms with Crippen molar-refractivity contribution < 1.29 is 9.47 Å². The molecule has 0 bridgehead atoms. The highest BCUT2D eigenvalue weighted by Gasteiger charge is 1.99. The fourth-order valence-electron chi connectivity index (χ4n) is 1.50. The van der Waals surface area contributed by atoms with Gasteiger partial charge in [0.2, 0.25) is 0 Å². The quantitative estimate of drug-likeness (QED) is 0.788. The van der Waals surface area contributed by atoms with Crippen molar-refractivity contribution in [2.24, 2.45) is 0 Å². The zero-order valence-corrected chi connectivity index (χ0v) is 11.8. The van der Waals surface area contributed by atoms with Crippen LogP contribution < -0.4 is 9.47 Å². The second-order valence-electron chi connectivity index (χ2n) is 3.76. The van der Waals surface area contributed by atoms with Crippen molar-refractivity contribution in [3.8, 4) is 17.6 Å². The predicted molar refractivity (Wildman–Crippen MR) is 76.3 cm³/mol. The van der Waals surface area contributed by atoms with Crippen molar-refractivity contribution in [2.45, 2.75) is 0 Å². The zero-order chi connectivity index (χ0) is 13.5. The Kier molecular flexibility index (Phi) is 4.82. The Bertz CT molecular complexity index is 575. The molecule has 2 aromatic rings. The third-order valence-corrected chi connectivity index (χ3v) is 3.08. The lowest BCUT2D eigenvalue weighted by Crippen LogP contribution is -2.09. The summed E-state index contributed by atoms with van der Waals surface area (Å²) < 4.78 is 12.0. The highest BCUT2D eigenvalue weighted by Crippen LogP contribution is 2.23. The van der Waals surface area contributed by atoms with E-state index in [1.807, 2.05) is 24.3 Å². The molecule has 0 N–H and O–H groups in total. The first kappa shape index (κ1) is 13.4. The average Bonchev–Trinajstić information content (AvgIpc) is 2.46. The summed E-state index contributed by atoms with van der Waals surface area (Å²) in [7, 11) is 0. The molecule has 2 aromatic carbocycles. The van der Waals surface area contributed by atoms with Crippen LogP contribution in [0.15, 0.2) is 53.0 Å². The standard InChI is InChI=1S/C15H12BrNO2/c16-14-3-1-2-4-15(14)19-10-9-18-13-7-5-12(11-17)6-8-13/h1-8H,9-10H2. The number of nitrogens with zero attached hydrogens (tertiary/aromatic N) is 1. The van der Waals surface area contributed by atoms with Gasteiger partial charge in [0.1, 0.15) is 24.7 Å². The molecule has 0 aliphatic carbocycles. The summed E-state index contributed by atoms with van der Waals surface area (Å²) in [6, 6.07) is 16.7. The molecule has 0 atom stereocenters. The Morgan fingerprint density at radius 2 is 1.63 bits per heavy atom. The van der Waals surface area contributed by atoms with Crippen molar-refractivity contribution in [3.05, 3.63) is 58.6 Å². The summed E-state index contributed by atoms with van der Waals surface area (Å²) >= 11 is 3.41. The molecule has 0 saturated carbocycles. The largest absolute Gasteiger partial charge is 0.490 e. The molecule has 0 aliphatic heterocycles. The van der Waals surface area contributed by atoms with E-state index in [-0.39, 0.29) is 0 Å². The van der Waals surface area contributed by atoms with E-state index in [1.54, 1.807) is 24.3 Å². The van der Waals surface area contributed by atoms with Gasteiger partial charge in [-0.3, -0.25) is 0 Å². The van der Waals surface area contributed by atoms with Gasteiger partial charge < -0.3 is 9.47 Å². The Labute approximate surface area is 120 Å². The van der Waals surface area contributed by atoms with Gasteiger partial charge in [0.05, 0.1) is 16.1 Å². The maximum Gasteiger partial charge on any atom is 0.133 e. The van der Waals surface area contributed by atoms with E-state index in [0.29, 0.717) is 18.8 Å². The molecule has 0 unspecified atom stereocenters. The first-order valence-corrected chi connectivity index (χ1v) is 6.59. The summed E-state index contributed by atoms with van der Waals surface area (Å²) in [5.41, 5.74) is 0.622. The van der Waals surface area contributed by atoms with Gasteiger partial charge in [-0.25, -0.2) is 0 Å². The minimum absolute atomic E-state index is 0.452. The highest BCUT2D eigenvalue weighted by molar-refractivity contribution is 9.10. The van der Waals surface area contributed by atoms with Crippen LogP contribution in [0.25, 0.3) is 0 Å². The van der Waals surface area contributed by atoms with Gasteiger partial charge in [-0.15, -0.1) is 0 Å². The van der Waals surface area contributed by atoms with Gasteiger partial charge in [-0.05, 0) is 52.3 Å². The Morgan fingerprint density at radius 3 is 2.32 bits per heavy atom. The number of hydrogen-bond donors (Lipinski definition) is 0. The van der Waals surface area contributed by atoms with Crippen LogP contribution in [0.5, 0.6) is 11.5 Å². The van der Waals surface area contributed by atoms with Crippen LogP contribution in [0.3, 0.4) is 0 Å². The van der Waals surface area contributed by atoms with Gasteiger partial charge in [0.25, 0.3) is 0 Å². The minimum Gasteiger partial charge on any atom is -0.490 e. The lowest BCUT2D eigenvalue weighted by molar-refractivity contribution is 0.216. The maximum atomic E-state index is 8.68. The van der Waals surface area contributed by atoms with E-state index in [9.17, 15) is 0 Å². The molecule has 2 rings (SSSR count). The van der Waals surface area contributed by atoms with E-state index in [1.165, 1.54) is 0 Å². The molecule has 3 nitrogen and oxygen atoms in total. The lowest BCUT2D eigenvalue weighted by atomic mass is 10.2. The van der Waals surface area contributed by atoms with E-state index in [0.717, 1.165) is 16.0 Å². The monoisotopic (exact) mass is 317 g/mol. The molecule has 0 radical (unpaired) electrons. The summed E-state index contributed by atoms with van der Waals surface area (Å²) in [6.45, 7) is 0.913. The number of benzene rings is 2. The van der Waals surface area contributed by atoms with Crippen LogP contribution >= 0.6 is 15.9 Å². The SMILES string of the molecule is N#Cc1ccc(OCCOc2ccccc2Br)cc1. The van der Waals surface area contributed by atoms with Gasteiger partial charge in [-0.2, -0.15) is 5.26 Å². The highest BCUT2D eigenvalue weighted by atomic mass is 79.9. The molecule has 0 fully saturated rings. The van der Waals surface area contributed by atoms with Crippen LogP contribution in [-0.4, -0.2) is 13.2 Å². The third-order valence-electron chi connectivity index (χ3n) is 2.43. The first-order chi connectivity index (χ1) is 9.29. The van der Waals surface area contributed by atoms with Crippen LogP contribution in [0, 0.1) is 11.3 Å². The third kappa shape index (κ3) is 4.01.